The zero-order chi connectivity index (χ0) is 14.9. The zero-order valence-corrected chi connectivity index (χ0v) is 13.2. The van der Waals surface area contributed by atoms with Crippen molar-refractivity contribution in [1.82, 2.24) is 9.97 Å². The van der Waals surface area contributed by atoms with E-state index < -0.39 is 0 Å². The third-order valence-corrected chi connectivity index (χ3v) is 4.74. The van der Waals surface area contributed by atoms with E-state index in [4.69, 9.17) is 9.47 Å². The van der Waals surface area contributed by atoms with Gasteiger partial charge in [0.2, 0.25) is 0 Å². The molecule has 112 valence electrons. The van der Waals surface area contributed by atoms with E-state index >= 15 is 0 Å². The van der Waals surface area contributed by atoms with Crippen LogP contribution < -0.4 is 4.74 Å². The topological polar surface area (TPSA) is 44.2 Å². The summed E-state index contributed by atoms with van der Waals surface area (Å²) in [5, 5.41) is 2.05. The fourth-order valence-corrected chi connectivity index (χ4v) is 3.63. The summed E-state index contributed by atoms with van der Waals surface area (Å²) in [6, 6.07) is 10.0. The Bertz CT molecular complexity index is 805. The van der Waals surface area contributed by atoms with Crippen molar-refractivity contribution in [3.8, 4) is 5.75 Å². The molecule has 5 heteroatoms. The number of ether oxygens (including phenoxy) is 2. The molecule has 2 aromatic heterocycles. The van der Waals surface area contributed by atoms with E-state index in [0.29, 0.717) is 13.2 Å². The molecule has 1 aliphatic heterocycles. The van der Waals surface area contributed by atoms with Crippen LogP contribution >= 0.6 is 11.3 Å². The van der Waals surface area contributed by atoms with Crippen LogP contribution in [0.5, 0.6) is 5.75 Å². The van der Waals surface area contributed by atoms with Crippen LogP contribution in [0.3, 0.4) is 0 Å². The number of pyridine rings is 1. The standard InChI is InChI=1S/C17H16N2O2S/c1-11-8-15(12-4-2-3-5-13(12)18-11)21-10-17-19-14-6-7-20-9-16(14)22-17/h2-5,8H,6-7,9-10H2,1H3. The third-order valence-electron chi connectivity index (χ3n) is 3.70. The highest BCUT2D eigenvalue weighted by Gasteiger charge is 2.16. The normalized spacial score (nSPS) is 14.0. The maximum absolute atomic E-state index is 6.03. The molecule has 22 heavy (non-hydrogen) atoms. The SMILES string of the molecule is Cc1cc(OCc2nc3c(s2)COCC3)c2ccccc2n1. The quantitative estimate of drug-likeness (QED) is 0.740. The van der Waals surface area contributed by atoms with Crippen molar-refractivity contribution in [3.05, 3.63) is 51.6 Å². The average Bonchev–Trinajstić information content (AvgIpc) is 2.95. The lowest BCUT2D eigenvalue weighted by Gasteiger charge is -2.09. The molecule has 0 radical (unpaired) electrons. The van der Waals surface area contributed by atoms with Crippen molar-refractivity contribution in [2.24, 2.45) is 0 Å². The first-order valence-electron chi connectivity index (χ1n) is 7.34. The summed E-state index contributed by atoms with van der Waals surface area (Å²) in [5.41, 5.74) is 3.09. The Kier molecular flexibility index (Phi) is 3.52. The van der Waals surface area contributed by atoms with Gasteiger partial charge in [0.15, 0.2) is 0 Å². The van der Waals surface area contributed by atoms with Crippen LogP contribution in [-0.4, -0.2) is 16.6 Å². The van der Waals surface area contributed by atoms with Gasteiger partial charge in [0.1, 0.15) is 17.4 Å². The predicted molar refractivity (Wildman–Crippen MR) is 86.3 cm³/mol. The van der Waals surface area contributed by atoms with Gasteiger partial charge in [-0.1, -0.05) is 12.1 Å². The highest BCUT2D eigenvalue weighted by atomic mass is 32.1. The summed E-state index contributed by atoms with van der Waals surface area (Å²) in [6.07, 6.45) is 0.906. The summed E-state index contributed by atoms with van der Waals surface area (Å²) < 4.78 is 11.5. The molecule has 0 bridgehead atoms. The molecule has 0 spiro atoms. The second-order valence-corrected chi connectivity index (χ2v) is 6.52. The van der Waals surface area contributed by atoms with Crippen LogP contribution in [0.2, 0.25) is 0 Å². The van der Waals surface area contributed by atoms with Crippen molar-refractivity contribution < 1.29 is 9.47 Å². The Morgan fingerprint density at radius 3 is 3.09 bits per heavy atom. The molecule has 4 rings (SSSR count). The summed E-state index contributed by atoms with van der Waals surface area (Å²) in [6.45, 7) is 3.93. The van der Waals surface area contributed by atoms with Crippen molar-refractivity contribution in [2.45, 2.75) is 26.6 Å². The van der Waals surface area contributed by atoms with Crippen LogP contribution in [-0.2, 0) is 24.4 Å². The molecule has 0 N–H and O–H groups in total. The van der Waals surface area contributed by atoms with Gasteiger partial charge in [-0.3, -0.25) is 4.98 Å². The van der Waals surface area contributed by atoms with E-state index in [1.807, 2.05) is 37.3 Å². The number of aromatic nitrogens is 2. The molecule has 0 atom stereocenters. The molecule has 3 heterocycles. The van der Waals surface area contributed by atoms with Gasteiger partial charge in [-0.2, -0.15) is 0 Å². The second kappa shape index (κ2) is 5.66. The minimum atomic E-state index is 0.491. The molecule has 0 saturated carbocycles. The van der Waals surface area contributed by atoms with Gasteiger partial charge in [-0.05, 0) is 19.1 Å². The number of aryl methyl sites for hydroxylation is 1. The number of thiazole rings is 1. The van der Waals surface area contributed by atoms with Gasteiger partial charge in [0, 0.05) is 23.6 Å². The molecule has 0 fully saturated rings. The summed E-state index contributed by atoms with van der Waals surface area (Å²) in [5.74, 6) is 0.868. The highest BCUT2D eigenvalue weighted by Crippen LogP contribution is 2.28. The van der Waals surface area contributed by atoms with Crippen LogP contribution in [0.15, 0.2) is 30.3 Å². The summed E-state index contributed by atoms with van der Waals surface area (Å²) >= 11 is 1.69. The van der Waals surface area contributed by atoms with Crippen LogP contribution in [0.1, 0.15) is 21.3 Å². The van der Waals surface area contributed by atoms with Crippen molar-refractivity contribution >= 4 is 22.2 Å². The van der Waals surface area contributed by atoms with Crippen molar-refractivity contribution in [1.29, 1.82) is 0 Å². The van der Waals surface area contributed by atoms with E-state index in [-0.39, 0.29) is 0 Å². The fraction of sp³-hybridized carbons (Fsp3) is 0.294. The molecule has 4 nitrogen and oxygen atoms in total. The predicted octanol–water partition coefficient (Wildman–Crippen LogP) is 3.65. The molecule has 1 aromatic carbocycles. The van der Waals surface area contributed by atoms with Gasteiger partial charge in [-0.15, -0.1) is 11.3 Å². The van der Waals surface area contributed by atoms with Crippen molar-refractivity contribution in [2.75, 3.05) is 6.61 Å². The first-order chi connectivity index (χ1) is 10.8. The van der Waals surface area contributed by atoms with Crippen LogP contribution in [0.25, 0.3) is 10.9 Å². The fourth-order valence-electron chi connectivity index (χ4n) is 2.67. The Morgan fingerprint density at radius 2 is 2.18 bits per heavy atom. The molecular weight excluding hydrogens is 296 g/mol. The lowest BCUT2D eigenvalue weighted by Crippen LogP contribution is -2.07. The Balaban J connectivity index is 1.60. The molecular formula is C17H16N2O2S. The Labute approximate surface area is 132 Å². The zero-order valence-electron chi connectivity index (χ0n) is 12.3. The number of hydrogen-bond acceptors (Lipinski definition) is 5. The minimum absolute atomic E-state index is 0.491. The van der Waals surface area contributed by atoms with E-state index in [1.54, 1.807) is 11.3 Å². The molecule has 3 aromatic rings. The molecule has 0 saturated heterocycles. The maximum atomic E-state index is 6.03. The molecule has 0 amide bonds. The summed E-state index contributed by atoms with van der Waals surface area (Å²) in [7, 11) is 0. The van der Waals surface area contributed by atoms with Crippen LogP contribution in [0.4, 0.5) is 0 Å². The second-order valence-electron chi connectivity index (χ2n) is 5.35. The number of nitrogens with zero attached hydrogens (tertiary/aromatic N) is 2. The van der Waals surface area contributed by atoms with Gasteiger partial charge >= 0.3 is 0 Å². The highest BCUT2D eigenvalue weighted by molar-refractivity contribution is 7.11. The van der Waals surface area contributed by atoms with E-state index in [0.717, 1.165) is 40.4 Å². The maximum Gasteiger partial charge on any atom is 0.140 e. The van der Waals surface area contributed by atoms with Gasteiger partial charge in [0.05, 0.1) is 29.3 Å². The lowest BCUT2D eigenvalue weighted by molar-refractivity contribution is 0.112. The van der Waals surface area contributed by atoms with Gasteiger partial charge in [0.25, 0.3) is 0 Å². The number of rotatable bonds is 3. The van der Waals surface area contributed by atoms with Gasteiger partial charge < -0.3 is 9.47 Å². The Hall–Kier alpha value is -1.98. The number of para-hydroxylation sites is 1. The summed E-state index contributed by atoms with van der Waals surface area (Å²) in [4.78, 5) is 10.4. The molecule has 1 aliphatic rings. The minimum Gasteiger partial charge on any atom is -0.486 e. The Morgan fingerprint density at radius 1 is 1.27 bits per heavy atom. The number of fused-ring (bicyclic) bond motifs is 2. The first kappa shape index (κ1) is 13.7. The van der Waals surface area contributed by atoms with E-state index in [9.17, 15) is 0 Å². The van der Waals surface area contributed by atoms with Crippen molar-refractivity contribution in [3.63, 3.8) is 0 Å². The number of hydrogen-bond donors (Lipinski definition) is 0. The molecule has 0 aliphatic carbocycles. The smallest absolute Gasteiger partial charge is 0.140 e. The number of benzene rings is 1. The average molecular weight is 312 g/mol. The first-order valence-corrected chi connectivity index (χ1v) is 8.15. The van der Waals surface area contributed by atoms with E-state index in [1.165, 1.54) is 10.6 Å². The van der Waals surface area contributed by atoms with Crippen LogP contribution in [0, 0.1) is 6.92 Å². The largest absolute Gasteiger partial charge is 0.486 e. The van der Waals surface area contributed by atoms with Gasteiger partial charge in [-0.25, -0.2) is 4.98 Å². The monoisotopic (exact) mass is 312 g/mol. The molecule has 0 unspecified atom stereocenters. The van der Waals surface area contributed by atoms with E-state index in [2.05, 4.69) is 9.97 Å². The lowest BCUT2D eigenvalue weighted by atomic mass is 10.2. The third kappa shape index (κ3) is 2.58.